The fraction of sp³-hybridized carbons (Fsp3) is 0. The molecule has 0 amide bonds. The van der Waals surface area contributed by atoms with Gasteiger partial charge < -0.3 is 0 Å². The third-order valence-corrected chi connectivity index (χ3v) is 7.13. The zero-order valence-corrected chi connectivity index (χ0v) is 14.5. The Morgan fingerprint density at radius 3 is 2.41 bits per heavy atom. The molecule has 2 nitrogen and oxygen atoms in total. The first-order chi connectivity index (χ1) is 10.6. The molecule has 3 aromatic rings. The van der Waals surface area contributed by atoms with Gasteiger partial charge in [0.25, 0.3) is 0 Å². The number of hydrogen-bond donors (Lipinski definition) is 0. The van der Waals surface area contributed by atoms with Crippen LogP contribution in [0.25, 0.3) is 0 Å². The van der Waals surface area contributed by atoms with Crippen LogP contribution in [-0.4, -0.2) is 8.42 Å². The van der Waals surface area contributed by atoms with Gasteiger partial charge in [-0.1, -0.05) is 47.6 Å². The van der Waals surface area contributed by atoms with E-state index in [1.165, 1.54) is 23.1 Å². The van der Waals surface area contributed by atoms with Crippen molar-refractivity contribution in [3.05, 3.63) is 71.1 Å². The van der Waals surface area contributed by atoms with E-state index >= 15 is 0 Å². The van der Waals surface area contributed by atoms with E-state index in [0.29, 0.717) is 14.8 Å². The van der Waals surface area contributed by atoms with Gasteiger partial charge in [-0.05, 0) is 36.4 Å². The predicted molar refractivity (Wildman–Crippen MR) is 91.8 cm³/mol. The molecule has 0 unspecified atom stereocenters. The summed E-state index contributed by atoms with van der Waals surface area (Å²) in [5, 5.41) is 2.34. The second-order valence-electron chi connectivity index (χ2n) is 4.48. The van der Waals surface area contributed by atoms with Crippen LogP contribution in [0.5, 0.6) is 0 Å². The Kier molecular flexibility index (Phi) is 4.59. The van der Waals surface area contributed by atoms with Gasteiger partial charge in [0, 0.05) is 15.3 Å². The van der Waals surface area contributed by atoms with E-state index in [0.717, 1.165) is 9.10 Å². The summed E-state index contributed by atoms with van der Waals surface area (Å²) in [4.78, 5) is 1.62. The van der Waals surface area contributed by atoms with Crippen molar-refractivity contribution in [1.29, 1.82) is 0 Å². The summed E-state index contributed by atoms with van der Waals surface area (Å²) in [6, 6.07) is 17.7. The number of halogens is 1. The van der Waals surface area contributed by atoms with Crippen LogP contribution in [0.2, 0.25) is 5.02 Å². The lowest BCUT2D eigenvalue weighted by Crippen LogP contribution is -1.99. The SMILES string of the molecule is O=S(=O)(c1ccccc1)c1csc(Sc2cccc(Cl)c2)c1. The van der Waals surface area contributed by atoms with Crippen molar-refractivity contribution in [2.24, 2.45) is 0 Å². The van der Waals surface area contributed by atoms with Crippen LogP contribution in [0.1, 0.15) is 0 Å². The minimum atomic E-state index is -3.45. The van der Waals surface area contributed by atoms with Gasteiger partial charge in [0.2, 0.25) is 9.84 Å². The van der Waals surface area contributed by atoms with Crippen molar-refractivity contribution in [2.45, 2.75) is 18.9 Å². The molecule has 0 aliphatic heterocycles. The van der Waals surface area contributed by atoms with Crippen LogP contribution in [-0.2, 0) is 9.84 Å². The molecule has 0 bridgehead atoms. The summed E-state index contributed by atoms with van der Waals surface area (Å²) in [6.45, 7) is 0. The Labute approximate surface area is 142 Å². The minimum absolute atomic E-state index is 0.312. The molecule has 0 saturated heterocycles. The normalized spacial score (nSPS) is 11.5. The minimum Gasteiger partial charge on any atom is -0.218 e. The zero-order valence-electron chi connectivity index (χ0n) is 11.3. The average Bonchev–Trinajstić information content (AvgIpc) is 2.97. The first kappa shape index (κ1) is 15.6. The van der Waals surface area contributed by atoms with Gasteiger partial charge in [0.1, 0.15) is 0 Å². The van der Waals surface area contributed by atoms with Crippen LogP contribution in [0.15, 0.2) is 84.9 Å². The smallest absolute Gasteiger partial charge is 0.207 e. The third-order valence-electron chi connectivity index (χ3n) is 2.93. The molecule has 0 atom stereocenters. The van der Waals surface area contributed by atoms with Crippen LogP contribution in [0.4, 0.5) is 0 Å². The Hall–Kier alpha value is -1.27. The molecule has 0 fully saturated rings. The quantitative estimate of drug-likeness (QED) is 0.621. The first-order valence-corrected chi connectivity index (χ1v) is 9.93. The highest BCUT2D eigenvalue weighted by Gasteiger charge is 2.19. The maximum absolute atomic E-state index is 12.5. The Morgan fingerprint density at radius 2 is 1.68 bits per heavy atom. The molecule has 22 heavy (non-hydrogen) atoms. The van der Waals surface area contributed by atoms with E-state index in [9.17, 15) is 8.42 Å². The molecule has 0 spiro atoms. The average molecular weight is 367 g/mol. The molecule has 0 aliphatic carbocycles. The molecule has 0 radical (unpaired) electrons. The monoisotopic (exact) mass is 366 g/mol. The Bertz CT molecular complexity index is 887. The fourth-order valence-corrected chi connectivity index (χ4v) is 5.86. The van der Waals surface area contributed by atoms with E-state index in [-0.39, 0.29) is 0 Å². The maximum Gasteiger partial charge on any atom is 0.207 e. The molecule has 2 aromatic carbocycles. The maximum atomic E-state index is 12.5. The molecule has 1 heterocycles. The number of thiophene rings is 1. The fourth-order valence-electron chi connectivity index (χ4n) is 1.88. The molecule has 3 rings (SSSR count). The molecule has 0 aliphatic rings. The standard InChI is InChI=1S/C16H11ClO2S3/c17-12-5-4-6-13(9-12)21-16-10-15(11-20-16)22(18,19)14-7-2-1-3-8-14/h1-11H. The molecular formula is C16H11ClO2S3. The second kappa shape index (κ2) is 6.46. The summed E-state index contributed by atoms with van der Waals surface area (Å²) < 4.78 is 26.0. The number of sulfone groups is 1. The molecule has 1 aromatic heterocycles. The van der Waals surface area contributed by atoms with Crippen LogP contribution < -0.4 is 0 Å². The third kappa shape index (κ3) is 3.38. The largest absolute Gasteiger partial charge is 0.218 e. The van der Waals surface area contributed by atoms with Crippen molar-refractivity contribution in [1.82, 2.24) is 0 Å². The van der Waals surface area contributed by atoms with Crippen LogP contribution in [0.3, 0.4) is 0 Å². The lowest BCUT2D eigenvalue weighted by Gasteiger charge is -2.01. The highest BCUT2D eigenvalue weighted by atomic mass is 35.5. The van der Waals surface area contributed by atoms with Gasteiger partial charge >= 0.3 is 0 Å². The molecule has 0 N–H and O–H groups in total. The highest BCUT2D eigenvalue weighted by Crippen LogP contribution is 2.36. The summed E-state index contributed by atoms with van der Waals surface area (Å²) >= 11 is 8.88. The van der Waals surface area contributed by atoms with E-state index in [4.69, 9.17) is 11.6 Å². The lowest BCUT2D eigenvalue weighted by molar-refractivity contribution is 0.596. The van der Waals surface area contributed by atoms with E-state index < -0.39 is 9.84 Å². The number of rotatable bonds is 4. The summed E-state index contributed by atoms with van der Waals surface area (Å²) in [5.74, 6) is 0. The molecule has 112 valence electrons. The molecule has 0 saturated carbocycles. The van der Waals surface area contributed by atoms with Gasteiger partial charge in [-0.15, -0.1) is 11.3 Å². The summed E-state index contributed by atoms with van der Waals surface area (Å²) in [6.07, 6.45) is 0. The second-order valence-corrected chi connectivity index (χ2v) is 9.15. The summed E-state index contributed by atoms with van der Waals surface area (Å²) in [5.41, 5.74) is 0. The van der Waals surface area contributed by atoms with Crippen molar-refractivity contribution in [3.63, 3.8) is 0 Å². The van der Waals surface area contributed by atoms with E-state index in [1.807, 2.05) is 24.3 Å². The van der Waals surface area contributed by atoms with Gasteiger partial charge in [-0.25, -0.2) is 8.42 Å². The van der Waals surface area contributed by atoms with Crippen LogP contribution >= 0.6 is 34.7 Å². The summed E-state index contributed by atoms with van der Waals surface area (Å²) in [7, 11) is -3.45. The van der Waals surface area contributed by atoms with Crippen molar-refractivity contribution >= 4 is 44.5 Å². The highest BCUT2D eigenvalue weighted by molar-refractivity contribution is 8.01. The Morgan fingerprint density at radius 1 is 0.909 bits per heavy atom. The van der Waals surface area contributed by atoms with Gasteiger partial charge in [0.15, 0.2) is 0 Å². The van der Waals surface area contributed by atoms with Crippen molar-refractivity contribution < 1.29 is 8.42 Å². The van der Waals surface area contributed by atoms with Gasteiger partial charge in [-0.2, -0.15) is 0 Å². The van der Waals surface area contributed by atoms with Gasteiger partial charge in [-0.3, -0.25) is 0 Å². The zero-order chi connectivity index (χ0) is 15.6. The van der Waals surface area contributed by atoms with Crippen LogP contribution in [0, 0.1) is 0 Å². The lowest BCUT2D eigenvalue weighted by atomic mass is 10.4. The predicted octanol–water partition coefficient (Wildman–Crippen LogP) is 5.39. The van der Waals surface area contributed by atoms with E-state index in [1.54, 1.807) is 41.8 Å². The van der Waals surface area contributed by atoms with Gasteiger partial charge in [0.05, 0.1) is 14.0 Å². The molecular weight excluding hydrogens is 356 g/mol. The van der Waals surface area contributed by atoms with Crippen molar-refractivity contribution in [2.75, 3.05) is 0 Å². The number of benzene rings is 2. The Balaban J connectivity index is 1.88. The number of hydrogen-bond acceptors (Lipinski definition) is 4. The first-order valence-electron chi connectivity index (χ1n) is 6.38. The topological polar surface area (TPSA) is 34.1 Å². The molecule has 6 heteroatoms. The van der Waals surface area contributed by atoms with E-state index in [2.05, 4.69) is 0 Å². The van der Waals surface area contributed by atoms with Crippen molar-refractivity contribution in [3.8, 4) is 0 Å².